The predicted molar refractivity (Wildman–Crippen MR) is 303 cm³/mol. The topological polar surface area (TPSA) is 3.24 Å². The van der Waals surface area contributed by atoms with E-state index < -0.39 is 5.41 Å². The molecule has 0 radical (unpaired) electrons. The number of hydrogen-bond acceptors (Lipinski definition) is 1. The van der Waals surface area contributed by atoms with Gasteiger partial charge in [-0.25, -0.2) is 0 Å². The van der Waals surface area contributed by atoms with E-state index in [4.69, 9.17) is 0 Å². The summed E-state index contributed by atoms with van der Waals surface area (Å²) in [6.45, 7) is 0. The second-order valence-corrected chi connectivity index (χ2v) is 18.8. The number of fused-ring (bicyclic) bond motifs is 4. The van der Waals surface area contributed by atoms with Gasteiger partial charge in [0.05, 0.1) is 11.1 Å². The highest BCUT2D eigenvalue weighted by Crippen LogP contribution is 2.57. The Morgan fingerprint density at radius 1 is 0.222 bits per heavy atom. The lowest BCUT2D eigenvalue weighted by molar-refractivity contribution is 0.768. The smallest absolute Gasteiger partial charge is 0.0714 e. The van der Waals surface area contributed by atoms with Crippen molar-refractivity contribution in [2.75, 3.05) is 4.90 Å². The summed E-state index contributed by atoms with van der Waals surface area (Å²) in [5.41, 5.74) is 22.2. The molecule has 12 aromatic rings. The third-order valence-electron chi connectivity index (χ3n) is 14.8. The fourth-order valence-electron chi connectivity index (χ4n) is 11.4. The second kappa shape index (κ2) is 18.2. The summed E-state index contributed by atoms with van der Waals surface area (Å²) in [7, 11) is 0. The van der Waals surface area contributed by atoms with Crippen LogP contribution in [0.15, 0.2) is 297 Å². The highest BCUT2D eigenvalue weighted by molar-refractivity contribution is 5.96. The molecule has 0 aromatic heterocycles. The Kier molecular flexibility index (Phi) is 10.8. The lowest BCUT2D eigenvalue weighted by Gasteiger charge is -2.35. The van der Waals surface area contributed by atoms with Crippen molar-refractivity contribution in [3.05, 3.63) is 320 Å². The van der Waals surface area contributed by atoms with Gasteiger partial charge in [-0.1, -0.05) is 255 Å². The van der Waals surface area contributed by atoms with E-state index in [-0.39, 0.29) is 0 Å². The Balaban J connectivity index is 0.935. The fourth-order valence-corrected chi connectivity index (χ4v) is 11.4. The van der Waals surface area contributed by atoms with E-state index in [2.05, 4.69) is 302 Å². The summed E-state index contributed by atoms with van der Waals surface area (Å²) in [6, 6.07) is 109. The van der Waals surface area contributed by atoms with Gasteiger partial charge in [-0.05, 0) is 137 Å². The Hall–Kier alpha value is -9.30. The van der Waals surface area contributed by atoms with Crippen molar-refractivity contribution in [3.8, 4) is 66.8 Å². The fraction of sp³-hybridized carbons (Fsp3) is 0.0141. The molecule has 1 heteroatoms. The molecule has 1 nitrogen and oxygen atoms in total. The van der Waals surface area contributed by atoms with Crippen molar-refractivity contribution in [1.29, 1.82) is 0 Å². The molecule has 72 heavy (non-hydrogen) atoms. The maximum atomic E-state index is 2.47. The number of benzene rings is 12. The first-order valence-electron chi connectivity index (χ1n) is 24.9. The van der Waals surface area contributed by atoms with E-state index in [1.54, 1.807) is 0 Å². The van der Waals surface area contributed by atoms with Crippen molar-refractivity contribution in [1.82, 2.24) is 0 Å². The van der Waals surface area contributed by atoms with Gasteiger partial charge in [0, 0.05) is 16.9 Å². The molecule has 12 aromatic carbocycles. The summed E-state index contributed by atoms with van der Waals surface area (Å²) >= 11 is 0. The first-order valence-corrected chi connectivity index (χ1v) is 24.9. The van der Waals surface area contributed by atoms with Gasteiger partial charge in [0.2, 0.25) is 0 Å². The van der Waals surface area contributed by atoms with Crippen LogP contribution < -0.4 is 4.90 Å². The SMILES string of the molecule is c1ccc(-c2ccccc2-c2ccccc2N(c2ccc(-c3ccc(-c4cccc(-c5ccc6ccccc6c5)c4)cc3)cc2)c2ccc3c(c2)C(c2ccccc2)(c2ccccc2)c2ccccc2-3)cc1. The van der Waals surface area contributed by atoms with Crippen molar-refractivity contribution in [3.63, 3.8) is 0 Å². The summed E-state index contributed by atoms with van der Waals surface area (Å²) in [4.78, 5) is 2.47. The van der Waals surface area contributed by atoms with Crippen LogP contribution >= 0.6 is 0 Å². The van der Waals surface area contributed by atoms with Crippen molar-refractivity contribution >= 4 is 27.8 Å². The maximum Gasteiger partial charge on any atom is 0.0714 e. The van der Waals surface area contributed by atoms with Crippen LogP contribution in [0.3, 0.4) is 0 Å². The number of hydrogen-bond donors (Lipinski definition) is 0. The van der Waals surface area contributed by atoms with E-state index in [1.807, 2.05) is 0 Å². The van der Waals surface area contributed by atoms with Crippen molar-refractivity contribution in [2.24, 2.45) is 0 Å². The molecular weight excluding hydrogens is 867 g/mol. The Labute approximate surface area is 422 Å². The lowest BCUT2D eigenvalue weighted by Crippen LogP contribution is -2.28. The highest BCUT2D eigenvalue weighted by atomic mass is 15.1. The summed E-state index contributed by atoms with van der Waals surface area (Å²) in [5, 5.41) is 2.51. The molecule has 0 fully saturated rings. The Bertz CT molecular complexity index is 3850. The average molecular weight is 916 g/mol. The normalized spacial score (nSPS) is 12.3. The molecule has 0 aliphatic heterocycles. The number of rotatable bonds is 10. The summed E-state index contributed by atoms with van der Waals surface area (Å²) < 4.78 is 0. The maximum absolute atomic E-state index is 2.47. The van der Waals surface area contributed by atoms with Gasteiger partial charge in [0.15, 0.2) is 0 Å². The van der Waals surface area contributed by atoms with Crippen LogP contribution in [-0.4, -0.2) is 0 Å². The van der Waals surface area contributed by atoms with Crippen LogP contribution in [0.2, 0.25) is 0 Å². The summed E-state index contributed by atoms with van der Waals surface area (Å²) in [6.07, 6.45) is 0. The standard InChI is InChI=1S/C71H49N/c1-4-20-54(21-5-1)63-29-12-13-30-64(63)67-32-15-17-34-70(67)72(62-45-46-66-65-31-14-16-33-68(65)71(69(66)49-62,59-25-6-2-7-26-59)60-27-8-3-9-28-60)61-43-41-52(42-44-61)51-35-37-53(38-36-51)56-23-18-24-57(47-56)58-40-39-50-19-10-11-22-55(50)48-58/h1-49H. The largest absolute Gasteiger partial charge is 0.310 e. The van der Waals surface area contributed by atoms with E-state index in [0.717, 1.165) is 28.2 Å². The zero-order valence-electron chi connectivity index (χ0n) is 39.7. The van der Waals surface area contributed by atoms with Crippen LogP contribution in [0.1, 0.15) is 22.3 Å². The molecular formula is C71H49N. The molecule has 0 unspecified atom stereocenters. The molecule has 1 aliphatic rings. The molecule has 1 aliphatic carbocycles. The minimum Gasteiger partial charge on any atom is -0.310 e. The highest BCUT2D eigenvalue weighted by Gasteiger charge is 2.46. The molecule has 0 bridgehead atoms. The predicted octanol–water partition coefficient (Wildman–Crippen LogP) is 19.0. The number of para-hydroxylation sites is 1. The molecule has 0 N–H and O–H groups in total. The third-order valence-corrected chi connectivity index (χ3v) is 14.8. The third kappa shape index (κ3) is 7.42. The van der Waals surface area contributed by atoms with Gasteiger partial charge in [-0.15, -0.1) is 0 Å². The van der Waals surface area contributed by atoms with Crippen LogP contribution in [0.4, 0.5) is 17.1 Å². The molecule has 0 amide bonds. The lowest BCUT2D eigenvalue weighted by atomic mass is 9.67. The van der Waals surface area contributed by atoms with Gasteiger partial charge < -0.3 is 4.90 Å². The van der Waals surface area contributed by atoms with Crippen molar-refractivity contribution < 1.29 is 0 Å². The minimum atomic E-state index is -0.538. The Morgan fingerprint density at radius 3 is 1.38 bits per heavy atom. The first-order chi connectivity index (χ1) is 35.7. The molecule has 0 spiro atoms. The van der Waals surface area contributed by atoms with Gasteiger partial charge in [0.1, 0.15) is 0 Å². The molecule has 13 rings (SSSR count). The molecule has 0 heterocycles. The average Bonchev–Trinajstić information content (AvgIpc) is 3.76. The van der Waals surface area contributed by atoms with Crippen LogP contribution in [0, 0.1) is 0 Å². The van der Waals surface area contributed by atoms with E-state index >= 15 is 0 Å². The van der Waals surface area contributed by atoms with E-state index in [1.165, 1.54) is 88.7 Å². The van der Waals surface area contributed by atoms with Gasteiger partial charge in [-0.3, -0.25) is 0 Å². The monoisotopic (exact) mass is 915 g/mol. The van der Waals surface area contributed by atoms with Gasteiger partial charge >= 0.3 is 0 Å². The van der Waals surface area contributed by atoms with Crippen molar-refractivity contribution in [2.45, 2.75) is 5.41 Å². The zero-order chi connectivity index (χ0) is 47.8. The van der Waals surface area contributed by atoms with Crippen LogP contribution in [0.5, 0.6) is 0 Å². The quantitative estimate of drug-likeness (QED) is 0.132. The Morgan fingerprint density at radius 2 is 0.681 bits per heavy atom. The van der Waals surface area contributed by atoms with Crippen LogP contribution in [0.25, 0.3) is 77.5 Å². The molecule has 0 saturated heterocycles. The number of nitrogens with zero attached hydrogens (tertiary/aromatic N) is 1. The van der Waals surface area contributed by atoms with Gasteiger partial charge in [0.25, 0.3) is 0 Å². The van der Waals surface area contributed by atoms with E-state index in [9.17, 15) is 0 Å². The van der Waals surface area contributed by atoms with E-state index in [0.29, 0.717) is 0 Å². The van der Waals surface area contributed by atoms with Gasteiger partial charge in [-0.2, -0.15) is 0 Å². The zero-order valence-corrected chi connectivity index (χ0v) is 39.7. The first kappa shape index (κ1) is 42.8. The minimum absolute atomic E-state index is 0.538. The second-order valence-electron chi connectivity index (χ2n) is 18.8. The molecule has 338 valence electrons. The molecule has 0 saturated carbocycles. The van der Waals surface area contributed by atoms with Crippen LogP contribution in [-0.2, 0) is 5.41 Å². The summed E-state index contributed by atoms with van der Waals surface area (Å²) in [5.74, 6) is 0. The number of anilines is 3. The molecule has 0 atom stereocenters.